The van der Waals surface area contributed by atoms with Crippen molar-refractivity contribution in [3.63, 3.8) is 0 Å². The molecule has 2 aromatic carbocycles. The number of hydrogen-bond acceptors (Lipinski definition) is 5. The number of aromatic nitrogens is 1. The molecule has 1 aromatic heterocycles. The summed E-state index contributed by atoms with van der Waals surface area (Å²) in [5, 5.41) is 0.566. The Morgan fingerprint density at radius 2 is 1.68 bits per heavy atom. The van der Waals surface area contributed by atoms with Gasteiger partial charge in [0, 0.05) is 23.7 Å². The van der Waals surface area contributed by atoms with Crippen LogP contribution in [0.15, 0.2) is 68.9 Å². The Labute approximate surface area is 169 Å². The van der Waals surface area contributed by atoms with E-state index in [-0.39, 0.29) is 15.8 Å². The van der Waals surface area contributed by atoms with Crippen LogP contribution in [0.2, 0.25) is 5.02 Å². The summed E-state index contributed by atoms with van der Waals surface area (Å²) >= 11 is 5.97. The Bertz CT molecular complexity index is 1050. The van der Waals surface area contributed by atoms with Crippen LogP contribution in [0.25, 0.3) is 11.5 Å². The van der Waals surface area contributed by atoms with Crippen molar-refractivity contribution < 1.29 is 12.8 Å². The lowest BCUT2D eigenvalue weighted by molar-refractivity contribution is 0.416. The smallest absolute Gasteiger partial charge is 0.236 e. The Morgan fingerprint density at radius 1 is 1.04 bits per heavy atom. The molecule has 1 aliphatic heterocycles. The van der Waals surface area contributed by atoms with Crippen molar-refractivity contribution in [1.82, 2.24) is 4.98 Å². The summed E-state index contributed by atoms with van der Waals surface area (Å²) in [7, 11) is -3.80. The molecule has 1 saturated heterocycles. The van der Waals surface area contributed by atoms with Crippen LogP contribution in [-0.2, 0) is 9.84 Å². The lowest BCUT2D eigenvalue weighted by atomic mass is 9.99. The molecule has 0 N–H and O–H groups in total. The molecule has 0 atom stereocenters. The molecule has 3 aromatic rings. The minimum absolute atomic E-state index is 0.0294. The number of nitrogens with zero attached hydrogens (tertiary/aromatic N) is 2. The van der Waals surface area contributed by atoms with Gasteiger partial charge in [0.1, 0.15) is 0 Å². The molecule has 4 rings (SSSR count). The molecule has 1 aliphatic rings. The molecule has 7 heteroatoms. The zero-order chi connectivity index (χ0) is 19.7. The molecule has 0 radical (unpaired) electrons. The average Bonchev–Trinajstić information content (AvgIpc) is 3.16. The molecular formula is C21H21ClN2O3S. The Morgan fingerprint density at radius 3 is 2.32 bits per heavy atom. The Hall–Kier alpha value is -2.31. The SMILES string of the molecule is CC1CCN(c2oc(-c3ccc(Cl)cc3)nc2S(=O)(=O)c2ccccc2)CC1. The number of benzene rings is 2. The lowest BCUT2D eigenvalue weighted by Crippen LogP contribution is -2.33. The van der Waals surface area contributed by atoms with Gasteiger partial charge in [0.2, 0.25) is 26.6 Å². The largest absolute Gasteiger partial charge is 0.419 e. The highest BCUT2D eigenvalue weighted by Gasteiger charge is 2.32. The zero-order valence-electron chi connectivity index (χ0n) is 15.5. The van der Waals surface area contributed by atoms with Crippen LogP contribution < -0.4 is 4.90 Å². The number of hydrogen-bond donors (Lipinski definition) is 0. The molecule has 0 unspecified atom stereocenters. The summed E-state index contributed by atoms with van der Waals surface area (Å²) in [6.45, 7) is 3.69. The summed E-state index contributed by atoms with van der Waals surface area (Å²) in [5.41, 5.74) is 0.686. The minimum atomic E-state index is -3.80. The molecule has 0 spiro atoms. The molecule has 5 nitrogen and oxygen atoms in total. The first-order valence-corrected chi connectivity index (χ1v) is 11.1. The standard InChI is InChI=1S/C21H21ClN2O3S/c1-15-11-13-24(14-12-15)21-20(28(25,26)18-5-3-2-4-6-18)23-19(27-21)16-7-9-17(22)10-8-16/h2-10,15H,11-14H2,1H3. The van der Waals surface area contributed by atoms with E-state index in [1.165, 1.54) is 0 Å². The predicted octanol–water partition coefficient (Wildman–Crippen LogP) is 5.06. The molecule has 0 amide bonds. The summed E-state index contributed by atoms with van der Waals surface area (Å²) in [6, 6.07) is 15.4. The van der Waals surface area contributed by atoms with E-state index in [2.05, 4.69) is 11.9 Å². The van der Waals surface area contributed by atoms with Crippen LogP contribution in [0.4, 0.5) is 5.88 Å². The van der Waals surface area contributed by atoms with Crippen LogP contribution >= 0.6 is 11.6 Å². The molecule has 0 aliphatic carbocycles. The summed E-state index contributed by atoms with van der Waals surface area (Å²) < 4.78 is 32.6. The lowest BCUT2D eigenvalue weighted by Gasteiger charge is -2.30. The highest BCUT2D eigenvalue weighted by atomic mass is 35.5. The molecular weight excluding hydrogens is 396 g/mol. The zero-order valence-corrected chi connectivity index (χ0v) is 17.1. The van der Waals surface area contributed by atoms with Gasteiger partial charge in [-0.1, -0.05) is 36.7 Å². The Kier molecular flexibility index (Phi) is 5.17. The van der Waals surface area contributed by atoms with Crippen molar-refractivity contribution in [2.45, 2.75) is 29.7 Å². The maximum atomic E-state index is 13.3. The van der Waals surface area contributed by atoms with E-state index in [9.17, 15) is 8.42 Å². The molecule has 28 heavy (non-hydrogen) atoms. The van der Waals surface area contributed by atoms with E-state index in [0.29, 0.717) is 22.4 Å². The molecule has 2 heterocycles. The molecule has 0 saturated carbocycles. The first-order valence-electron chi connectivity index (χ1n) is 9.27. The second-order valence-corrected chi connectivity index (χ2v) is 9.42. The van der Waals surface area contributed by atoms with Crippen molar-refractivity contribution >= 4 is 27.3 Å². The van der Waals surface area contributed by atoms with E-state index >= 15 is 0 Å². The fourth-order valence-electron chi connectivity index (χ4n) is 3.31. The van der Waals surface area contributed by atoms with Gasteiger partial charge in [-0.2, -0.15) is 4.98 Å². The first kappa shape index (κ1) is 19.0. The topological polar surface area (TPSA) is 63.4 Å². The third-order valence-corrected chi connectivity index (χ3v) is 6.97. The van der Waals surface area contributed by atoms with Gasteiger partial charge < -0.3 is 9.32 Å². The molecule has 1 fully saturated rings. The van der Waals surface area contributed by atoms with Crippen molar-refractivity contribution in [1.29, 1.82) is 0 Å². The van der Waals surface area contributed by atoms with Crippen molar-refractivity contribution in [2.24, 2.45) is 5.92 Å². The van der Waals surface area contributed by atoms with E-state index in [0.717, 1.165) is 25.9 Å². The highest BCUT2D eigenvalue weighted by Crippen LogP contribution is 2.36. The van der Waals surface area contributed by atoms with Gasteiger partial charge in [0.25, 0.3) is 0 Å². The summed E-state index contributed by atoms with van der Waals surface area (Å²) in [5.74, 6) is 1.21. The number of halogens is 1. The van der Waals surface area contributed by atoms with Gasteiger partial charge in [0.15, 0.2) is 0 Å². The van der Waals surface area contributed by atoms with Crippen LogP contribution in [0.5, 0.6) is 0 Å². The van der Waals surface area contributed by atoms with Gasteiger partial charge in [-0.3, -0.25) is 0 Å². The quantitative estimate of drug-likeness (QED) is 0.594. The number of anilines is 1. The van der Waals surface area contributed by atoms with Gasteiger partial charge in [0.05, 0.1) is 4.90 Å². The van der Waals surface area contributed by atoms with Gasteiger partial charge in [-0.25, -0.2) is 8.42 Å². The third-order valence-electron chi connectivity index (χ3n) is 5.05. The summed E-state index contributed by atoms with van der Waals surface area (Å²) in [4.78, 5) is 6.61. The first-order chi connectivity index (χ1) is 13.4. The third kappa shape index (κ3) is 3.66. The molecule has 146 valence electrons. The number of sulfone groups is 1. The maximum absolute atomic E-state index is 13.3. The monoisotopic (exact) mass is 416 g/mol. The fraction of sp³-hybridized carbons (Fsp3) is 0.286. The molecule has 0 bridgehead atoms. The van der Waals surface area contributed by atoms with Gasteiger partial charge >= 0.3 is 0 Å². The number of rotatable bonds is 4. The van der Waals surface area contributed by atoms with E-state index in [1.54, 1.807) is 54.6 Å². The van der Waals surface area contributed by atoms with Crippen LogP contribution in [0.3, 0.4) is 0 Å². The van der Waals surface area contributed by atoms with E-state index in [4.69, 9.17) is 16.0 Å². The predicted molar refractivity (Wildman–Crippen MR) is 109 cm³/mol. The average molecular weight is 417 g/mol. The summed E-state index contributed by atoms with van der Waals surface area (Å²) in [6.07, 6.45) is 1.98. The second kappa shape index (κ2) is 7.60. The fourth-order valence-corrected chi connectivity index (χ4v) is 4.78. The maximum Gasteiger partial charge on any atom is 0.236 e. The van der Waals surface area contributed by atoms with E-state index < -0.39 is 9.84 Å². The van der Waals surface area contributed by atoms with E-state index in [1.807, 2.05) is 4.90 Å². The van der Waals surface area contributed by atoms with Crippen molar-refractivity contribution in [2.75, 3.05) is 18.0 Å². The van der Waals surface area contributed by atoms with Crippen molar-refractivity contribution in [3.8, 4) is 11.5 Å². The van der Waals surface area contributed by atoms with Crippen LogP contribution in [0.1, 0.15) is 19.8 Å². The van der Waals surface area contributed by atoms with Gasteiger partial charge in [-0.15, -0.1) is 0 Å². The van der Waals surface area contributed by atoms with Crippen molar-refractivity contribution in [3.05, 3.63) is 59.6 Å². The number of oxazole rings is 1. The van der Waals surface area contributed by atoms with Crippen LogP contribution in [-0.4, -0.2) is 26.5 Å². The number of piperidine rings is 1. The Balaban J connectivity index is 1.82. The minimum Gasteiger partial charge on any atom is -0.419 e. The second-order valence-electron chi connectivity index (χ2n) is 7.12. The van der Waals surface area contributed by atoms with Crippen LogP contribution in [0, 0.1) is 5.92 Å². The highest BCUT2D eigenvalue weighted by molar-refractivity contribution is 7.91. The van der Waals surface area contributed by atoms with Gasteiger partial charge in [-0.05, 0) is 55.2 Å². The normalized spacial score (nSPS) is 15.7.